The van der Waals surface area contributed by atoms with Crippen molar-refractivity contribution in [3.05, 3.63) is 0 Å². The molecule has 128 valence electrons. The highest BCUT2D eigenvalue weighted by Gasteiger charge is 2.53. The van der Waals surface area contributed by atoms with E-state index >= 15 is 0 Å². The van der Waals surface area contributed by atoms with Gasteiger partial charge in [0.05, 0.1) is 13.2 Å². The maximum Gasteiger partial charge on any atom is 0.187 e. The Morgan fingerprint density at radius 3 is 2.27 bits per heavy atom. The van der Waals surface area contributed by atoms with Gasteiger partial charge in [-0.05, 0) is 0 Å². The molecule has 3 rings (SSSR count). The second-order valence-corrected chi connectivity index (χ2v) is 5.66. The number of aliphatic hydroxyl groups is 6. The molecule has 0 unspecified atom stereocenters. The first-order valence-corrected chi connectivity index (χ1v) is 7.03. The molecule has 3 aliphatic rings. The van der Waals surface area contributed by atoms with Crippen LogP contribution in [0, 0.1) is 0 Å². The molecule has 3 fully saturated rings. The summed E-state index contributed by atoms with van der Waals surface area (Å²) in [5, 5.41) is 58.3. The van der Waals surface area contributed by atoms with Gasteiger partial charge in [-0.2, -0.15) is 0 Å². The van der Waals surface area contributed by atoms with Crippen LogP contribution in [0.1, 0.15) is 0 Å². The van der Waals surface area contributed by atoms with Crippen molar-refractivity contribution in [3.63, 3.8) is 0 Å². The van der Waals surface area contributed by atoms with Gasteiger partial charge in [-0.25, -0.2) is 0 Å². The molecule has 0 radical (unpaired) electrons. The van der Waals surface area contributed by atoms with E-state index in [1.807, 2.05) is 0 Å². The number of ether oxygens (including phenoxy) is 4. The lowest BCUT2D eigenvalue weighted by Crippen LogP contribution is -2.62. The summed E-state index contributed by atoms with van der Waals surface area (Å²) in [5.74, 6) is 0. The van der Waals surface area contributed by atoms with Gasteiger partial charge in [-0.3, -0.25) is 0 Å². The maximum absolute atomic E-state index is 10.0. The Hall–Kier alpha value is -0.400. The van der Waals surface area contributed by atoms with Crippen LogP contribution in [-0.2, 0) is 18.9 Å². The van der Waals surface area contributed by atoms with Gasteiger partial charge in [-0.1, -0.05) is 0 Å². The Kier molecular flexibility index (Phi) is 4.67. The standard InChI is InChI=1S/C12H20O10/c13-1-3-5(14)6(15)8(17)12(20-3)22-10-4-2-19-11(21-4)9(18)7(10)16/h3-18H,1-2H2/t3-,4+,5+,6-,7+,8+,9+,10+,11+,12-/m0/s1. The molecule has 3 saturated heterocycles. The molecule has 0 aliphatic carbocycles. The first-order chi connectivity index (χ1) is 10.4. The fourth-order valence-corrected chi connectivity index (χ4v) is 2.87. The molecule has 0 aromatic carbocycles. The molecule has 3 heterocycles. The predicted octanol–water partition coefficient (Wildman–Crippen LogP) is -4.35. The quantitative estimate of drug-likeness (QED) is 0.299. The first kappa shape index (κ1) is 16.5. The van der Waals surface area contributed by atoms with Gasteiger partial charge in [0, 0.05) is 0 Å². The summed E-state index contributed by atoms with van der Waals surface area (Å²) < 4.78 is 21.1. The highest BCUT2D eigenvalue weighted by molar-refractivity contribution is 4.96. The maximum atomic E-state index is 10.0. The van der Waals surface area contributed by atoms with Crippen molar-refractivity contribution >= 4 is 0 Å². The van der Waals surface area contributed by atoms with Crippen molar-refractivity contribution in [3.8, 4) is 0 Å². The zero-order valence-electron chi connectivity index (χ0n) is 11.5. The fourth-order valence-electron chi connectivity index (χ4n) is 2.87. The third kappa shape index (κ3) is 2.65. The Morgan fingerprint density at radius 1 is 0.864 bits per heavy atom. The van der Waals surface area contributed by atoms with Crippen LogP contribution in [-0.4, -0.2) is 105 Å². The Bertz CT molecular complexity index is 392. The Balaban J connectivity index is 1.71. The lowest BCUT2D eigenvalue weighted by atomic mass is 9.98. The van der Waals surface area contributed by atoms with Crippen LogP contribution in [0.15, 0.2) is 0 Å². The smallest absolute Gasteiger partial charge is 0.187 e. The number of aliphatic hydroxyl groups excluding tert-OH is 6. The van der Waals surface area contributed by atoms with E-state index in [4.69, 9.17) is 24.1 Å². The molecule has 0 aromatic rings. The van der Waals surface area contributed by atoms with Crippen molar-refractivity contribution in [2.24, 2.45) is 0 Å². The van der Waals surface area contributed by atoms with Crippen LogP contribution in [0.4, 0.5) is 0 Å². The third-order valence-corrected chi connectivity index (χ3v) is 4.21. The molecule has 10 heteroatoms. The van der Waals surface area contributed by atoms with Crippen molar-refractivity contribution in [2.75, 3.05) is 13.2 Å². The Morgan fingerprint density at radius 2 is 1.59 bits per heavy atom. The molecule has 10 nitrogen and oxygen atoms in total. The SMILES string of the molecule is OC[C@@H]1O[C@@H](O[C@H]2[C@H](O)[C@@H](O)[C@@H]3OC[C@H]2O3)[C@H](O)[C@@H](O)[C@@H]1O. The second-order valence-electron chi connectivity index (χ2n) is 5.66. The minimum absolute atomic E-state index is 0.0842. The topological polar surface area (TPSA) is 158 Å². The van der Waals surface area contributed by atoms with E-state index in [2.05, 4.69) is 0 Å². The first-order valence-electron chi connectivity index (χ1n) is 7.03. The molecule has 6 N–H and O–H groups in total. The highest BCUT2D eigenvalue weighted by atomic mass is 16.8. The molecule has 0 saturated carbocycles. The van der Waals surface area contributed by atoms with Gasteiger partial charge in [-0.15, -0.1) is 0 Å². The monoisotopic (exact) mass is 324 g/mol. The van der Waals surface area contributed by atoms with E-state index in [9.17, 15) is 25.5 Å². The fraction of sp³-hybridized carbons (Fsp3) is 1.00. The number of hydrogen-bond donors (Lipinski definition) is 6. The molecule has 0 amide bonds. The van der Waals surface area contributed by atoms with Gasteiger partial charge in [0.15, 0.2) is 12.6 Å². The largest absolute Gasteiger partial charge is 0.394 e. The highest BCUT2D eigenvalue weighted by Crippen LogP contribution is 2.32. The molecule has 22 heavy (non-hydrogen) atoms. The van der Waals surface area contributed by atoms with Crippen molar-refractivity contribution in [2.45, 2.75) is 61.4 Å². The average Bonchev–Trinajstić information content (AvgIpc) is 2.96. The summed E-state index contributed by atoms with van der Waals surface area (Å²) in [6, 6.07) is 0. The Labute approximate surface area is 125 Å². The van der Waals surface area contributed by atoms with Crippen molar-refractivity contribution < 1.29 is 49.6 Å². The van der Waals surface area contributed by atoms with Crippen LogP contribution in [0.5, 0.6) is 0 Å². The van der Waals surface area contributed by atoms with E-state index in [1.54, 1.807) is 0 Å². The van der Waals surface area contributed by atoms with Crippen LogP contribution in [0.2, 0.25) is 0 Å². The van der Waals surface area contributed by atoms with E-state index in [-0.39, 0.29) is 6.61 Å². The van der Waals surface area contributed by atoms with E-state index in [0.29, 0.717) is 0 Å². The molecule has 10 atom stereocenters. The van der Waals surface area contributed by atoms with E-state index in [0.717, 1.165) is 0 Å². The van der Waals surface area contributed by atoms with Gasteiger partial charge in [0.2, 0.25) is 0 Å². The van der Waals surface area contributed by atoms with Gasteiger partial charge in [0.1, 0.15) is 48.8 Å². The minimum atomic E-state index is -1.60. The minimum Gasteiger partial charge on any atom is -0.394 e. The number of rotatable bonds is 3. The van der Waals surface area contributed by atoms with Crippen molar-refractivity contribution in [1.29, 1.82) is 0 Å². The predicted molar refractivity (Wildman–Crippen MR) is 65.3 cm³/mol. The average molecular weight is 324 g/mol. The second kappa shape index (κ2) is 6.24. The van der Waals surface area contributed by atoms with E-state index < -0.39 is 68.0 Å². The van der Waals surface area contributed by atoms with Crippen molar-refractivity contribution in [1.82, 2.24) is 0 Å². The number of hydrogen-bond acceptors (Lipinski definition) is 10. The van der Waals surface area contributed by atoms with Crippen LogP contribution < -0.4 is 0 Å². The molecule has 2 bridgehead atoms. The van der Waals surface area contributed by atoms with E-state index in [1.165, 1.54) is 0 Å². The molecule has 0 spiro atoms. The zero-order valence-corrected chi connectivity index (χ0v) is 11.5. The van der Waals surface area contributed by atoms with Gasteiger partial charge in [0.25, 0.3) is 0 Å². The molecular weight excluding hydrogens is 304 g/mol. The van der Waals surface area contributed by atoms with Crippen LogP contribution >= 0.6 is 0 Å². The van der Waals surface area contributed by atoms with Crippen LogP contribution in [0.25, 0.3) is 0 Å². The normalized spacial score (nSPS) is 55.4. The zero-order chi connectivity index (χ0) is 16.0. The lowest BCUT2D eigenvalue weighted by molar-refractivity contribution is -0.337. The summed E-state index contributed by atoms with van der Waals surface area (Å²) in [4.78, 5) is 0. The molecule has 3 aliphatic heterocycles. The molecular formula is C12H20O10. The van der Waals surface area contributed by atoms with Crippen LogP contribution in [0.3, 0.4) is 0 Å². The summed E-state index contributed by atoms with van der Waals surface area (Å²) in [5.41, 5.74) is 0. The lowest BCUT2D eigenvalue weighted by Gasteiger charge is -2.43. The van der Waals surface area contributed by atoms with Gasteiger partial charge < -0.3 is 49.6 Å². The molecule has 0 aromatic heterocycles. The van der Waals surface area contributed by atoms with Gasteiger partial charge >= 0.3 is 0 Å². The summed E-state index contributed by atoms with van der Waals surface area (Å²) in [6.07, 6.45) is -12.5. The summed E-state index contributed by atoms with van der Waals surface area (Å²) >= 11 is 0. The summed E-state index contributed by atoms with van der Waals surface area (Å²) in [7, 11) is 0. The summed E-state index contributed by atoms with van der Waals surface area (Å²) in [6.45, 7) is -0.507. The number of fused-ring (bicyclic) bond motifs is 2. The third-order valence-electron chi connectivity index (χ3n) is 4.21.